The number of carbonyl (C=O) groups excluding carboxylic acids is 5. The molecule has 10 N–H and O–H groups in total. The quantitative estimate of drug-likeness (QED) is 0.115. The molecule has 1 aromatic carbocycles. The normalized spacial score (nSPS) is 14.0. The van der Waals surface area contributed by atoms with Gasteiger partial charge in [0.2, 0.25) is 29.5 Å². The standard InChI is InChI=1S/C23H34N6O8/c1-12(2)19(23(36)37)29-22(35)16(11-30)27-18(32)10-26-21(34)15(8-13-6-4-3-5-7-13)28-20(33)14(24)9-17(25)31/h3-7,12,14-16,19,30H,8-11,24H2,1-2H3,(H2,25,31)(H,26,34)(H,27,32)(H,28,33)(H,29,35)(H,36,37)/t14-,15-,16-,19-/m0/s1. The van der Waals surface area contributed by atoms with Crippen molar-refractivity contribution in [1.29, 1.82) is 0 Å². The fraction of sp³-hybridized carbons (Fsp3) is 0.478. The van der Waals surface area contributed by atoms with Crippen molar-refractivity contribution in [3.8, 4) is 0 Å². The van der Waals surface area contributed by atoms with Crippen LogP contribution in [0.5, 0.6) is 0 Å². The molecule has 1 rings (SSSR count). The number of carbonyl (C=O) groups is 6. The summed E-state index contributed by atoms with van der Waals surface area (Å²) in [5.74, 6) is -5.85. The van der Waals surface area contributed by atoms with Gasteiger partial charge in [-0.15, -0.1) is 0 Å². The van der Waals surface area contributed by atoms with Crippen molar-refractivity contribution in [2.75, 3.05) is 13.2 Å². The van der Waals surface area contributed by atoms with Gasteiger partial charge >= 0.3 is 5.97 Å². The second-order valence-corrected chi connectivity index (χ2v) is 8.62. The van der Waals surface area contributed by atoms with Crippen LogP contribution in [0.15, 0.2) is 30.3 Å². The average Bonchev–Trinajstić information content (AvgIpc) is 2.83. The fourth-order valence-corrected chi connectivity index (χ4v) is 3.14. The summed E-state index contributed by atoms with van der Waals surface area (Å²) < 4.78 is 0. The summed E-state index contributed by atoms with van der Waals surface area (Å²) in [6.07, 6.45) is -0.394. The summed E-state index contributed by atoms with van der Waals surface area (Å²) in [6.45, 7) is 1.71. The molecule has 0 radical (unpaired) electrons. The van der Waals surface area contributed by atoms with Gasteiger partial charge in [0.15, 0.2) is 0 Å². The molecule has 0 spiro atoms. The van der Waals surface area contributed by atoms with Gasteiger partial charge in [-0.1, -0.05) is 44.2 Å². The van der Waals surface area contributed by atoms with Crippen LogP contribution in [-0.4, -0.2) is 83.0 Å². The van der Waals surface area contributed by atoms with Crippen LogP contribution in [0.3, 0.4) is 0 Å². The van der Waals surface area contributed by atoms with Crippen molar-refractivity contribution in [2.24, 2.45) is 17.4 Å². The molecule has 0 saturated heterocycles. The Labute approximate surface area is 213 Å². The van der Waals surface area contributed by atoms with Crippen molar-refractivity contribution in [3.63, 3.8) is 0 Å². The summed E-state index contributed by atoms with van der Waals surface area (Å²) in [6, 6.07) is 3.51. The van der Waals surface area contributed by atoms with Gasteiger partial charge in [-0.3, -0.25) is 24.0 Å². The number of amides is 5. The van der Waals surface area contributed by atoms with E-state index in [-0.39, 0.29) is 6.42 Å². The van der Waals surface area contributed by atoms with E-state index in [1.165, 1.54) is 0 Å². The van der Waals surface area contributed by atoms with Gasteiger partial charge in [-0.25, -0.2) is 4.79 Å². The number of hydrogen-bond acceptors (Lipinski definition) is 8. The highest BCUT2D eigenvalue weighted by Crippen LogP contribution is 2.05. The van der Waals surface area contributed by atoms with Crippen LogP contribution < -0.4 is 32.7 Å². The second kappa shape index (κ2) is 15.2. The predicted molar refractivity (Wildman–Crippen MR) is 130 cm³/mol. The minimum absolute atomic E-state index is 0.0385. The Hall–Kier alpha value is -4.04. The lowest BCUT2D eigenvalue weighted by atomic mass is 10.0. The van der Waals surface area contributed by atoms with Crippen LogP contribution in [0.4, 0.5) is 0 Å². The van der Waals surface area contributed by atoms with E-state index in [0.29, 0.717) is 5.56 Å². The largest absolute Gasteiger partial charge is 0.480 e. The molecule has 37 heavy (non-hydrogen) atoms. The minimum atomic E-state index is -1.46. The number of rotatable bonds is 15. The van der Waals surface area contributed by atoms with E-state index >= 15 is 0 Å². The Morgan fingerprint density at radius 1 is 0.892 bits per heavy atom. The van der Waals surface area contributed by atoms with Crippen molar-refractivity contribution < 1.29 is 39.0 Å². The van der Waals surface area contributed by atoms with Crippen molar-refractivity contribution in [2.45, 2.75) is 50.9 Å². The van der Waals surface area contributed by atoms with E-state index in [0.717, 1.165) is 0 Å². The van der Waals surface area contributed by atoms with Crippen LogP contribution >= 0.6 is 0 Å². The summed E-state index contributed by atoms with van der Waals surface area (Å²) >= 11 is 0. The Balaban J connectivity index is 2.81. The molecular formula is C23H34N6O8. The summed E-state index contributed by atoms with van der Waals surface area (Å²) in [7, 11) is 0. The number of carboxylic acid groups (broad SMARTS) is 1. The number of aliphatic hydroxyl groups is 1. The van der Waals surface area contributed by atoms with Gasteiger partial charge in [0.05, 0.1) is 25.6 Å². The Morgan fingerprint density at radius 3 is 2.03 bits per heavy atom. The Kier molecular flexibility index (Phi) is 12.7. The van der Waals surface area contributed by atoms with Crippen LogP contribution in [0.2, 0.25) is 0 Å². The molecule has 0 aliphatic carbocycles. The Morgan fingerprint density at radius 2 is 1.51 bits per heavy atom. The fourth-order valence-electron chi connectivity index (χ4n) is 3.14. The smallest absolute Gasteiger partial charge is 0.326 e. The van der Waals surface area contributed by atoms with Crippen LogP contribution in [0.1, 0.15) is 25.8 Å². The highest BCUT2D eigenvalue weighted by molar-refractivity contribution is 5.95. The Bertz CT molecular complexity index is 971. The number of aliphatic hydroxyl groups excluding tert-OH is 1. The summed E-state index contributed by atoms with van der Waals surface area (Å²) in [4.78, 5) is 72.1. The maximum absolute atomic E-state index is 12.8. The molecule has 14 nitrogen and oxygen atoms in total. The van der Waals surface area contributed by atoms with Gasteiger partial charge in [-0.2, -0.15) is 0 Å². The highest BCUT2D eigenvalue weighted by atomic mass is 16.4. The zero-order chi connectivity index (χ0) is 28.1. The lowest BCUT2D eigenvalue weighted by Gasteiger charge is -2.23. The van der Waals surface area contributed by atoms with E-state index in [1.54, 1.807) is 44.2 Å². The number of aliphatic carboxylic acids is 1. The number of nitrogens with one attached hydrogen (secondary N) is 4. The van der Waals surface area contributed by atoms with E-state index < -0.39 is 85.2 Å². The molecule has 1 aromatic rings. The van der Waals surface area contributed by atoms with Crippen LogP contribution in [0.25, 0.3) is 0 Å². The molecule has 0 aliphatic rings. The minimum Gasteiger partial charge on any atom is -0.480 e. The summed E-state index contributed by atoms with van der Waals surface area (Å²) in [5.41, 5.74) is 11.4. The first-order valence-electron chi connectivity index (χ1n) is 11.4. The topological polar surface area (TPSA) is 243 Å². The lowest BCUT2D eigenvalue weighted by molar-refractivity contribution is -0.143. The predicted octanol–water partition coefficient (Wildman–Crippen LogP) is -3.26. The third kappa shape index (κ3) is 11.0. The number of carboxylic acids is 1. The summed E-state index contributed by atoms with van der Waals surface area (Å²) in [5, 5.41) is 27.9. The number of benzene rings is 1. The van der Waals surface area contributed by atoms with E-state index in [2.05, 4.69) is 21.3 Å². The molecular weight excluding hydrogens is 488 g/mol. The molecule has 204 valence electrons. The lowest BCUT2D eigenvalue weighted by Crippen LogP contribution is -2.57. The second-order valence-electron chi connectivity index (χ2n) is 8.62. The zero-order valence-electron chi connectivity index (χ0n) is 20.6. The van der Waals surface area contributed by atoms with Crippen molar-refractivity contribution >= 4 is 35.5 Å². The molecule has 4 atom stereocenters. The molecule has 0 aliphatic heterocycles. The van der Waals surface area contributed by atoms with Crippen molar-refractivity contribution in [1.82, 2.24) is 21.3 Å². The van der Waals surface area contributed by atoms with Gasteiger partial charge in [0.25, 0.3) is 0 Å². The van der Waals surface area contributed by atoms with Gasteiger partial charge in [0.1, 0.15) is 18.1 Å². The molecule has 5 amide bonds. The van der Waals surface area contributed by atoms with Gasteiger partial charge < -0.3 is 42.9 Å². The first-order valence-corrected chi connectivity index (χ1v) is 11.4. The van der Waals surface area contributed by atoms with E-state index in [1.807, 2.05) is 0 Å². The third-order valence-corrected chi connectivity index (χ3v) is 5.16. The molecule has 0 saturated carbocycles. The van der Waals surface area contributed by atoms with Gasteiger partial charge in [0, 0.05) is 6.42 Å². The van der Waals surface area contributed by atoms with Gasteiger partial charge in [-0.05, 0) is 11.5 Å². The van der Waals surface area contributed by atoms with Crippen LogP contribution in [-0.2, 0) is 35.2 Å². The number of hydrogen-bond donors (Lipinski definition) is 8. The maximum Gasteiger partial charge on any atom is 0.326 e. The van der Waals surface area contributed by atoms with E-state index in [4.69, 9.17) is 11.5 Å². The molecule has 0 fully saturated rings. The maximum atomic E-state index is 12.8. The first kappa shape index (κ1) is 31.0. The van der Waals surface area contributed by atoms with Crippen LogP contribution in [0, 0.1) is 5.92 Å². The number of nitrogens with two attached hydrogens (primary N) is 2. The molecule has 0 aromatic heterocycles. The SMILES string of the molecule is CC(C)[C@H](NC(=O)[C@H](CO)NC(=O)CNC(=O)[C@H](Cc1ccccc1)NC(=O)[C@@H](N)CC(N)=O)C(=O)O. The van der Waals surface area contributed by atoms with Crippen molar-refractivity contribution in [3.05, 3.63) is 35.9 Å². The first-order chi connectivity index (χ1) is 17.3. The average molecular weight is 523 g/mol. The molecule has 0 unspecified atom stereocenters. The number of primary amides is 1. The monoisotopic (exact) mass is 522 g/mol. The third-order valence-electron chi connectivity index (χ3n) is 5.16. The molecule has 0 bridgehead atoms. The van der Waals surface area contributed by atoms with E-state index in [9.17, 15) is 39.0 Å². The molecule has 0 heterocycles. The molecule has 14 heteroatoms. The highest BCUT2D eigenvalue weighted by Gasteiger charge is 2.29. The zero-order valence-corrected chi connectivity index (χ0v) is 20.6.